The van der Waals surface area contributed by atoms with E-state index in [-0.39, 0.29) is 23.6 Å². The summed E-state index contributed by atoms with van der Waals surface area (Å²) in [5, 5.41) is 3.02. The van der Waals surface area contributed by atoms with Crippen LogP contribution >= 0.6 is 0 Å². The van der Waals surface area contributed by atoms with Gasteiger partial charge in [0, 0.05) is 5.92 Å². The van der Waals surface area contributed by atoms with E-state index in [1.165, 1.54) is 18.9 Å². The maximum Gasteiger partial charge on any atom is 0.387 e. The van der Waals surface area contributed by atoms with Crippen LogP contribution in [0.1, 0.15) is 44.2 Å². The van der Waals surface area contributed by atoms with Gasteiger partial charge in [0.25, 0.3) is 0 Å². The number of alkyl halides is 2. The van der Waals surface area contributed by atoms with E-state index in [1.807, 2.05) is 13.0 Å². The number of benzene rings is 1. The molecule has 0 aliphatic heterocycles. The quantitative estimate of drug-likeness (QED) is 0.896. The van der Waals surface area contributed by atoms with Crippen LogP contribution in [0.2, 0.25) is 0 Å². The van der Waals surface area contributed by atoms with Crippen molar-refractivity contribution in [3.8, 4) is 5.75 Å². The average molecular weight is 309 g/mol. The Labute approximate surface area is 129 Å². The standard InChI is InChI=1S/C17H21F2NO2/c1-10(12-3-2-4-14(9-12)22-17(18)19)20-16(21)15-8-11-5-6-13(15)7-11/h2-4,9-11,13,15,17H,5-8H2,1H3,(H,20,21)/t10-,11+,13+,15+/m1/s1. The van der Waals surface area contributed by atoms with Gasteiger partial charge in [-0.1, -0.05) is 18.6 Å². The van der Waals surface area contributed by atoms with Crippen LogP contribution < -0.4 is 10.1 Å². The molecule has 4 atom stereocenters. The fraction of sp³-hybridized carbons (Fsp3) is 0.588. The summed E-state index contributed by atoms with van der Waals surface area (Å²) >= 11 is 0. The Morgan fingerprint density at radius 3 is 2.77 bits per heavy atom. The minimum Gasteiger partial charge on any atom is -0.435 e. The van der Waals surface area contributed by atoms with Gasteiger partial charge in [-0.15, -0.1) is 0 Å². The number of hydrogen-bond donors (Lipinski definition) is 1. The summed E-state index contributed by atoms with van der Waals surface area (Å²) in [6.45, 7) is -0.971. The molecule has 1 amide bonds. The Kier molecular flexibility index (Phi) is 4.32. The molecule has 120 valence electrons. The van der Waals surface area contributed by atoms with Crippen LogP contribution in [0.15, 0.2) is 24.3 Å². The van der Waals surface area contributed by atoms with Crippen molar-refractivity contribution in [3.63, 3.8) is 0 Å². The van der Waals surface area contributed by atoms with Gasteiger partial charge in [0.2, 0.25) is 5.91 Å². The molecular weight excluding hydrogens is 288 g/mol. The number of carbonyl (C=O) groups is 1. The molecule has 1 N–H and O–H groups in total. The molecular formula is C17H21F2NO2. The Balaban J connectivity index is 1.61. The second-order valence-electron chi connectivity index (χ2n) is 6.46. The summed E-state index contributed by atoms with van der Waals surface area (Å²) in [4.78, 5) is 12.4. The molecule has 3 rings (SSSR count). The Hall–Kier alpha value is -1.65. The average Bonchev–Trinajstić information content (AvgIpc) is 3.09. The molecule has 0 spiro atoms. The molecule has 2 saturated carbocycles. The number of nitrogens with one attached hydrogen (secondary N) is 1. The third kappa shape index (κ3) is 3.23. The van der Waals surface area contributed by atoms with Gasteiger partial charge in [-0.2, -0.15) is 8.78 Å². The molecule has 0 unspecified atom stereocenters. The molecule has 1 aromatic rings. The molecule has 3 nitrogen and oxygen atoms in total. The van der Waals surface area contributed by atoms with E-state index in [2.05, 4.69) is 10.1 Å². The fourth-order valence-corrected chi connectivity index (χ4v) is 3.93. The summed E-state index contributed by atoms with van der Waals surface area (Å²) in [5.74, 6) is 1.60. The van der Waals surface area contributed by atoms with Crippen LogP contribution in [0.5, 0.6) is 5.75 Å². The van der Waals surface area contributed by atoms with Gasteiger partial charge < -0.3 is 10.1 Å². The number of carbonyl (C=O) groups excluding carboxylic acids is 1. The number of ether oxygens (including phenoxy) is 1. The normalized spacial score (nSPS) is 27.9. The van der Waals surface area contributed by atoms with Gasteiger partial charge in [0.05, 0.1) is 6.04 Å². The van der Waals surface area contributed by atoms with Crippen molar-refractivity contribution in [1.29, 1.82) is 0 Å². The Morgan fingerprint density at radius 1 is 1.32 bits per heavy atom. The van der Waals surface area contributed by atoms with Crippen LogP contribution in [0.4, 0.5) is 8.78 Å². The van der Waals surface area contributed by atoms with Crippen molar-refractivity contribution >= 4 is 5.91 Å². The highest BCUT2D eigenvalue weighted by molar-refractivity contribution is 5.80. The van der Waals surface area contributed by atoms with E-state index < -0.39 is 6.61 Å². The lowest BCUT2D eigenvalue weighted by molar-refractivity contribution is -0.127. The molecule has 0 radical (unpaired) electrons. The number of halogens is 2. The summed E-state index contributed by atoms with van der Waals surface area (Å²) < 4.78 is 28.9. The SMILES string of the molecule is C[C@@H](NC(=O)[C@H]1C[C@H]2CC[C@H]1C2)c1cccc(OC(F)F)c1. The van der Waals surface area contributed by atoms with Crippen LogP contribution in [-0.4, -0.2) is 12.5 Å². The maximum atomic E-state index is 12.4. The first-order valence-electron chi connectivity index (χ1n) is 7.88. The molecule has 2 fully saturated rings. The zero-order valence-corrected chi connectivity index (χ0v) is 12.6. The van der Waals surface area contributed by atoms with Crippen LogP contribution in [-0.2, 0) is 4.79 Å². The van der Waals surface area contributed by atoms with E-state index in [0.29, 0.717) is 5.92 Å². The molecule has 2 aliphatic rings. The molecule has 0 saturated heterocycles. The first-order valence-corrected chi connectivity index (χ1v) is 7.88. The largest absolute Gasteiger partial charge is 0.435 e. The lowest BCUT2D eigenvalue weighted by Crippen LogP contribution is -2.35. The Morgan fingerprint density at radius 2 is 2.14 bits per heavy atom. The lowest BCUT2D eigenvalue weighted by atomic mass is 9.88. The minimum atomic E-state index is -2.84. The van der Waals surface area contributed by atoms with Crippen molar-refractivity contribution in [2.75, 3.05) is 0 Å². The topological polar surface area (TPSA) is 38.3 Å². The highest BCUT2D eigenvalue weighted by atomic mass is 19.3. The molecule has 0 heterocycles. The van der Waals surface area contributed by atoms with Gasteiger partial charge in [0.15, 0.2) is 0 Å². The molecule has 22 heavy (non-hydrogen) atoms. The fourth-order valence-electron chi connectivity index (χ4n) is 3.93. The predicted molar refractivity (Wildman–Crippen MR) is 78.6 cm³/mol. The van der Waals surface area contributed by atoms with Gasteiger partial charge in [-0.3, -0.25) is 4.79 Å². The first-order chi connectivity index (χ1) is 10.5. The third-order valence-corrected chi connectivity index (χ3v) is 5.02. The van der Waals surface area contributed by atoms with E-state index in [4.69, 9.17) is 0 Å². The molecule has 2 aliphatic carbocycles. The predicted octanol–water partition coefficient (Wildman–Crippen LogP) is 3.90. The van der Waals surface area contributed by atoms with Crippen LogP contribution in [0.25, 0.3) is 0 Å². The van der Waals surface area contributed by atoms with Crippen molar-refractivity contribution in [2.24, 2.45) is 17.8 Å². The summed E-state index contributed by atoms with van der Waals surface area (Å²) in [6.07, 6.45) is 4.60. The van der Waals surface area contributed by atoms with Crippen molar-refractivity contribution < 1.29 is 18.3 Å². The van der Waals surface area contributed by atoms with Crippen LogP contribution in [0, 0.1) is 17.8 Å². The number of rotatable bonds is 5. The minimum absolute atomic E-state index is 0.0971. The summed E-state index contributed by atoms with van der Waals surface area (Å²) in [5.41, 5.74) is 0.773. The molecule has 2 bridgehead atoms. The van der Waals surface area contributed by atoms with E-state index in [0.717, 1.165) is 24.3 Å². The molecule has 1 aromatic carbocycles. The van der Waals surface area contributed by atoms with Gasteiger partial charge in [-0.25, -0.2) is 0 Å². The van der Waals surface area contributed by atoms with Crippen LogP contribution in [0.3, 0.4) is 0 Å². The second-order valence-corrected chi connectivity index (χ2v) is 6.46. The van der Waals surface area contributed by atoms with Gasteiger partial charge in [-0.05, 0) is 55.7 Å². The smallest absolute Gasteiger partial charge is 0.387 e. The lowest BCUT2D eigenvalue weighted by Gasteiger charge is -2.23. The first kappa shape index (κ1) is 15.3. The molecule has 0 aromatic heterocycles. The maximum absolute atomic E-state index is 12.4. The van der Waals surface area contributed by atoms with E-state index in [9.17, 15) is 13.6 Å². The number of hydrogen-bond acceptors (Lipinski definition) is 2. The van der Waals surface area contributed by atoms with Gasteiger partial charge in [0.1, 0.15) is 5.75 Å². The monoisotopic (exact) mass is 309 g/mol. The van der Waals surface area contributed by atoms with E-state index >= 15 is 0 Å². The number of amides is 1. The third-order valence-electron chi connectivity index (χ3n) is 5.02. The highest BCUT2D eigenvalue weighted by Gasteiger charge is 2.43. The van der Waals surface area contributed by atoms with Crippen molar-refractivity contribution in [3.05, 3.63) is 29.8 Å². The zero-order chi connectivity index (χ0) is 15.7. The van der Waals surface area contributed by atoms with Crippen molar-refractivity contribution in [2.45, 2.75) is 45.3 Å². The zero-order valence-electron chi connectivity index (χ0n) is 12.6. The highest BCUT2D eigenvalue weighted by Crippen LogP contribution is 2.48. The Bertz CT molecular complexity index is 549. The number of fused-ring (bicyclic) bond motifs is 2. The summed E-state index contributed by atoms with van der Waals surface area (Å²) in [7, 11) is 0. The molecule has 5 heteroatoms. The second kappa shape index (κ2) is 6.23. The summed E-state index contributed by atoms with van der Waals surface area (Å²) in [6, 6.07) is 6.29. The van der Waals surface area contributed by atoms with E-state index in [1.54, 1.807) is 12.1 Å². The van der Waals surface area contributed by atoms with Crippen molar-refractivity contribution in [1.82, 2.24) is 5.32 Å². The van der Waals surface area contributed by atoms with Gasteiger partial charge >= 0.3 is 6.61 Å².